The average molecular weight is 486 g/mol. The molecule has 3 aromatic rings. The van der Waals surface area contributed by atoms with Gasteiger partial charge in [0.25, 0.3) is 5.91 Å². The Labute approximate surface area is 201 Å². The molecular weight excluding hydrogens is 456 g/mol. The maximum Gasteiger partial charge on any atom is 0.268 e. The van der Waals surface area contributed by atoms with Crippen LogP contribution in [0.15, 0.2) is 42.5 Å². The Morgan fingerprint density at radius 1 is 1.34 bits per heavy atom. The second-order valence-electron chi connectivity index (χ2n) is 8.40. The lowest BCUT2D eigenvalue weighted by Crippen LogP contribution is -2.34. The van der Waals surface area contributed by atoms with Crippen LogP contribution in [0.1, 0.15) is 41.1 Å². The summed E-state index contributed by atoms with van der Waals surface area (Å²) in [5, 5.41) is 4.02. The van der Waals surface area contributed by atoms with Crippen molar-refractivity contribution in [1.29, 1.82) is 0 Å². The summed E-state index contributed by atoms with van der Waals surface area (Å²) in [6.45, 7) is 0.311. The molecule has 9 nitrogen and oxygen atoms in total. The van der Waals surface area contributed by atoms with Crippen LogP contribution in [0, 0.1) is 11.6 Å². The van der Waals surface area contributed by atoms with Gasteiger partial charge in [-0.15, -0.1) is 0 Å². The van der Waals surface area contributed by atoms with Gasteiger partial charge in [-0.25, -0.2) is 19.2 Å². The topological polar surface area (TPSA) is 123 Å². The van der Waals surface area contributed by atoms with Crippen LogP contribution in [-0.2, 0) is 24.4 Å². The molecule has 0 unspecified atom stereocenters. The van der Waals surface area contributed by atoms with Crippen molar-refractivity contribution in [1.82, 2.24) is 25.1 Å². The van der Waals surface area contributed by atoms with E-state index in [1.165, 1.54) is 37.8 Å². The lowest BCUT2D eigenvalue weighted by Gasteiger charge is -2.18. The highest BCUT2D eigenvalue weighted by Crippen LogP contribution is 2.40. The number of imidazole rings is 1. The molecule has 0 spiro atoms. The van der Waals surface area contributed by atoms with E-state index in [0.717, 1.165) is 23.0 Å². The smallest absolute Gasteiger partial charge is 0.268 e. The second kappa shape index (κ2) is 10.3. The number of ether oxygens (including phenoxy) is 1. The summed E-state index contributed by atoms with van der Waals surface area (Å²) in [5.74, 6) is -1.88. The summed E-state index contributed by atoms with van der Waals surface area (Å²) in [5.41, 5.74) is 18.1. The predicted molar refractivity (Wildman–Crippen MR) is 127 cm³/mol. The van der Waals surface area contributed by atoms with Gasteiger partial charge in [0.15, 0.2) is 11.6 Å². The van der Waals surface area contributed by atoms with Crippen LogP contribution in [0.2, 0.25) is 0 Å². The first-order chi connectivity index (χ1) is 16.8. The highest BCUT2D eigenvalue weighted by atomic mass is 19.1. The number of pyridine rings is 1. The summed E-state index contributed by atoms with van der Waals surface area (Å²) in [4.78, 5) is 17.2. The van der Waals surface area contributed by atoms with E-state index in [1.54, 1.807) is 12.1 Å². The molecule has 4 rings (SSSR count). The SMILES string of the molecule is CNN(/C=C(\N)C(=O)NCc1c(F)ccc(OC)c1F)Cc1cn2cc(C3CC3)cc(CN)c2n1. The Morgan fingerprint density at radius 3 is 2.77 bits per heavy atom. The molecule has 35 heavy (non-hydrogen) atoms. The number of nitrogens with two attached hydrogens (primary N) is 2. The summed E-state index contributed by atoms with van der Waals surface area (Å²) in [6, 6.07) is 4.37. The van der Waals surface area contributed by atoms with Gasteiger partial charge in [0.05, 0.1) is 19.3 Å². The van der Waals surface area contributed by atoms with Gasteiger partial charge in [0.2, 0.25) is 0 Å². The van der Waals surface area contributed by atoms with Gasteiger partial charge in [-0.2, -0.15) is 0 Å². The number of nitrogens with one attached hydrogen (secondary N) is 2. The standard InChI is InChI=1S/C24H29F2N7O2/c1-29-33(12-17-11-32-10-16(14-3-4-14)7-15(8-27)23(32)31-17)13-20(28)24(34)30-9-18-19(25)5-6-21(35-2)22(18)26/h5-7,10-11,13-14,29H,3-4,8-9,12,27-28H2,1-2H3,(H,30,34)/b20-13-. The fourth-order valence-electron chi connectivity index (χ4n) is 3.87. The van der Waals surface area contributed by atoms with Crippen molar-refractivity contribution in [3.8, 4) is 5.75 Å². The fraction of sp³-hybridized carbons (Fsp3) is 0.333. The van der Waals surface area contributed by atoms with Gasteiger partial charge < -0.3 is 30.9 Å². The highest BCUT2D eigenvalue weighted by molar-refractivity contribution is 5.92. The first kappa shape index (κ1) is 24.4. The number of fused-ring (bicyclic) bond motifs is 1. The van der Waals surface area contributed by atoms with E-state index in [-0.39, 0.29) is 23.6 Å². The molecule has 0 aliphatic heterocycles. The molecule has 11 heteroatoms. The molecule has 2 heterocycles. The van der Waals surface area contributed by atoms with Crippen molar-refractivity contribution in [2.45, 2.75) is 38.4 Å². The van der Waals surface area contributed by atoms with Crippen molar-refractivity contribution < 1.29 is 18.3 Å². The molecule has 1 aliphatic carbocycles. The van der Waals surface area contributed by atoms with Gasteiger partial charge in [-0.05, 0) is 42.5 Å². The number of hydrazine groups is 1. The van der Waals surface area contributed by atoms with Crippen molar-refractivity contribution in [3.63, 3.8) is 0 Å². The molecule has 0 saturated heterocycles. The van der Waals surface area contributed by atoms with E-state index in [9.17, 15) is 13.6 Å². The zero-order valence-corrected chi connectivity index (χ0v) is 19.6. The maximum absolute atomic E-state index is 14.3. The molecule has 1 fully saturated rings. The van der Waals surface area contributed by atoms with Crippen LogP contribution >= 0.6 is 0 Å². The fourth-order valence-corrected chi connectivity index (χ4v) is 3.87. The normalized spacial score (nSPS) is 13.8. The number of hydrogen-bond donors (Lipinski definition) is 4. The lowest BCUT2D eigenvalue weighted by atomic mass is 10.1. The van der Waals surface area contributed by atoms with E-state index >= 15 is 0 Å². The maximum atomic E-state index is 14.3. The summed E-state index contributed by atoms with van der Waals surface area (Å²) >= 11 is 0. The molecular formula is C24H29F2N7O2. The minimum Gasteiger partial charge on any atom is -0.494 e. The first-order valence-corrected chi connectivity index (χ1v) is 11.3. The Kier molecular flexibility index (Phi) is 7.17. The molecule has 1 aliphatic rings. The minimum absolute atomic E-state index is 0.116. The van der Waals surface area contributed by atoms with Crippen LogP contribution in [0.5, 0.6) is 5.75 Å². The number of benzene rings is 1. The van der Waals surface area contributed by atoms with Crippen molar-refractivity contribution in [2.24, 2.45) is 11.5 Å². The number of methoxy groups -OCH3 is 1. The third-order valence-electron chi connectivity index (χ3n) is 5.94. The van der Waals surface area contributed by atoms with Crippen LogP contribution in [0.25, 0.3) is 5.65 Å². The van der Waals surface area contributed by atoms with Crippen LogP contribution in [0.3, 0.4) is 0 Å². The molecule has 0 bridgehead atoms. The van der Waals surface area contributed by atoms with Gasteiger partial charge in [0, 0.05) is 49.9 Å². The van der Waals surface area contributed by atoms with E-state index in [2.05, 4.69) is 23.0 Å². The molecule has 1 aromatic carbocycles. The molecule has 2 aromatic heterocycles. The van der Waals surface area contributed by atoms with E-state index in [0.29, 0.717) is 19.0 Å². The number of carbonyl (C=O) groups is 1. The number of hydrogen-bond acceptors (Lipinski definition) is 7. The Hall–Kier alpha value is -3.70. The zero-order valence-electron chi connectivity index (χ0n) is 19.6. The quantitative estimate of drug-likeness (QED) is 0.256. The number of carbonyl (C=O) groups excluding carboxylic acids is 1. The third kappa shape index (κ3) is 5.36. The van der Waals surface area contributed by atoms with Gasteiger partial charge in [-0.1, -0.05) is 0 Å². The van der Waals surface area contributed by atoms with Gasteiger partial charge in [-0.3, -0.25) is 4.79 Å². The highest BCUT2D eigenvalue weighted by Gasteiger charge is 2.25. The third-order valence-corrected chi connectivity index (χ3v) is 5.94. The largest absolute Gasteiger partial charge is 0.494 e. The number of rotatable bonds is 10. The molecule has 0 atom stereocenters. The van der Waals surface area contributed by atoms with E-state index in [1.807, 2.05) is 10.6 Å². The number of nitrogens with zero attached hydrogens (tertiary/aromatic N) is 3. The zero-order chi connectivity index (χ0) is 25.1. The number of amides is 1. The van der Waals surface area contributed by atoms with Gasteiger partial charge in [0.1, 0.15) is 17.2 Å². The van der Waals surface area contributed by atoms with Crippen LogP contribution in [0.4, 0.5) is 8.78 Å². The van der Waals surface area contributed by atoms with E-state index < -0.39 is 17.5 Å². The monoisotopic (exact) mass is 485 g/mol. The Balaban J connectivity index is 1.45. The van der Waals surface area contributed by atoms with Crippen LogP contribution < -0.4 is 26.9 Å². The Morgan fingerprint density at radius 2 is 2.11 bits per heavy atom. The van der Waals surface area contributed by atoms with Crippen molar-refractivity contribution in [3.05, 3.63) is 76.5 Å². The van der Waals surface area contributed by atoms with Crippen LogP contribution in [-0.4, -0.2) is 34.5 Å². The average Bonchev–Trinajstić information content (AvgIpc) is 3.62. The molecule has 0 radical (unpaired) electrons. The summed E-state index contributed by atoms with van der Waals surface area (Å²) in [7, 11) is 2.95. The first-order valence-electron chi connectivity index (χ1n) is 11.3. The molecule has 1 amide bonds. The molecule has 6 N–H and O–H groups in total. The second-order valence-corrected chi connectivity index (χ2v) is 8.40. The lowest BCUT2D eigenvalue weighted by molar-refractivity contribution is -0.117. The summed E-state index contributed by atoms with van der Waals surface area (Å²) < 4.78 is 35.2. The van der Waals surface area contributed by atoms with Crippen molar-refractivity contribution in [2.75, 3.05) is 14.2 Å². The van der Waals surface area contributed by atoms with Crippen molar-refractivity contribution >= 4 is 11.6 Å². The number of halogens is 2. The Bertz CT molecular complexity index is 1270. The molecule has 1 saturated carbocycles. The van der Waals surface area contributed by atoms with Gasteiger partial charge >= 0.3 is 0 Å². The predicted octanol–water partition coefficient (Wildman–Crippen LogP) is 2.01. The molecule has 186 valence electrons. The minimum atomic E-state index is -0.874. The number of aromatic nitrogens is 2. The van der Waals surface area contributed by atoms with E-state index in [4.69, 9.17) is 21.2 Å². The summed E-state index contributed by atoms with van der Waals surface area (Å²) in [6.07, 6.45) is 7.78.